The summed E-state index contributed by atoms with van der Waals surface area (Å²) in [5, 5.41) is 49.2. The third-order valence-electron chi connectivity index (χ3n) is 16.8. The number of nitrogens with one attached hydrogen (secondary N) is 11. The molecule has 0 aromatic heterocycles. The Bertz CT molecular complexity index is 2560. The van der Waals surface area contributed by atoms with Crippen LogP contribution in [-0.4, -0.2) is 180 Å². The summed E-state index contributed by atoms with van der Waals surface area (Å²) >= 11 is 0. The van der Waals surface area contributed by atoms with Crippen LogP contribution >= 0.6 is 0 Å². The predicted octanol–water partition coefficient (Wildman–Crippen LogP) is 0.0606. The molecule has 91 heavy (non-hydrogen) atoms. The number of nitrogens with two attached hydrogens (primary N) is 1. The highest BCUT2D eigenvalue weighted by Gasteiger charge is 2.52. The van der Waals surface area contributed by atoms with Crippen molar-refractivity contribution in [3.8, 4) is 0 Å². The predicted molar refractivity (Wildman–Crippen MR) is 332 cm³/mol. The smallest absolute Gasteiger partial charge is 0.329 e. The molecule has 0 aliphatic heterocycles. The molecule has 16 atom stereocenters. The van der Waals surface area contributed by atoms with E-state index in [1.165, 1.54) is 13.8 Å². The molecule has 2 rings (SSSR count). The Labute approximate surface area is 532 Å². The summed E-state index contributed by atoms with van der Waals surface area (Å²) in [6.07, 6.45) is -0.222. The lowest BCUT2D eigenvalue weighted by Crippen LogP contribution is -2.63. The second-order valence-electron chi connectivity index (χ2n) is 24.0. The van der Waals surface area contributed by atoms with Gasteiger partial charge in [-0.25, -0.2) is 13.6 Å². The van der Waals surface area contributed by atoms with Crippen molar-refractivity contribution >= 4 is 71.5 Å². The second-order valence-corrected chi connectivity index (χ2v) is 24.0. The summed E-state index contributed by atoms with van der Waals surface area (Å²) in [6, 6.07) is -5.24. The Morgan fingerprint density at radius 2 is 1.04 bits per heavy atom. The Kier molecular flexibility index (Phi) is 35.4. The van der Waals surface area contributed by atoms with Gasteiger partial charge < -0.3 is 79.2 Å². The van der Waals surface area contributed by atoms with Crippen LogP contribution in [0.4, 0.5) is 8.78 Å². The van der Waals surface area contributed by atoms with E-state index in [2.05, 4.69) is 58.5 Å². The number of hydrogen-bond donors (Lipinski definition) is 14. The molecule has 0 unspecified atom stereocenters. The Morgan fingerprint density at radius 3 is 1.55 bits per heavy atom. The fourth-order valence-electron chi connectivity index (χ4n) is 9.99. The minimum Gasteiger partial charge on any atom is -0.458 e. The van der Waals surface area contributed by atoms with Gasteiger partial charge in [0.05, 0.1) is 19.3 Å². The Morgan fingerprint density at radius 1 is 0.593 bits per heavy atom. The number of aliphatic hydroxyl groups is 2. The lowest BCUT2D eigenvalue weighted by atomic mass is 9.96. The molecule has 27 nitrogen and oxygen atoms in total. The highest BCUT2D eigenvalue weighted by Crippen LogP contribution is 2.46. The van der Waals surface area contributed by atoms with E-state index in [-0.39, 0.29) is 25.7 Å². The van der Waals surface area contributed by atoms with Crippen molar-refractivity contribution in [3.05, 3.63) is 35.9 Å². The van der Waals surface area contributed by atoms with Gasteiger partial charge in [-0.3, -0.25) is 52.7 Å². The van der Waals surface area contributed by atoms with Crippen molar-refractivity contribution in [2.75, 3.05) is 20.3 Å². The molecular weight excluding hydrogens is 1190 g/mol. The minimum atomic E-state index is -2.61. The first-order chi connectivity index (χ1) is 43.0. The highest BCUT2D eigenvalue weighted by atomic mass is 19.3. The number of carbonyl (C=O) groups excluding carboxylic acids is 12. The van der Waals surface area contributed by atoms with Crippen molar-refractivity contribution in [3.63, 3.8) is 0 Å². The van der Waals surface area contributed by atoms with Gasteiger partial charge in [0.25, 0.3) is 0 Å². The molecule has 1 aromatic carbocycles. The van der Waals surface area contributed by atoms with Crippen LogP contribution in [0.25, 0.3) is 0 Å². The molecule has 11 amide bonds. The van der Waals surface area contributed by atoms with Crippen molar-refractivity contribution in [2.24, 2.45) is 29.4 Å². The van der Waals surface area contributed by atoms with Crippen LogP contribution in [-0.2, 0) is 68.7 Å². The first-order valence-corrected chi connectivity index (χ1v) is 31.6. The maximum absolute atomic E-state index is 14.5. The van der Waals surface area contributed by atoms with Gasteiger partial charge in [0.2, 0.25) is 71.9 Å². The molecule has 1 fully saturated rings. The summed E-state index contributed by atoms with van der Waals surface area (Å²) in [4.78, 5) is 163. The summed E-state index contributed by atoms with van der Waals surface area (Å²) in [7, 11) is 1.59. The van der Waals surface area contributed by atoms with Crippen molar-refractivity contribution in [2.45, 2.75) is 238 Å². The number of likely N-dealkylation sites (N-methyl/N-ethyl adjacent to an activating group) is 1. The molecule has 514 valence electrons. The normalized spacial score (nSPS) is 18.9. The number of rotatable bonds is 45. The van der Waals surface area contributed by atoms with Gasteiger partial charge in [-0.2, -0.15) is 0 Å². The summed E-state index contributed by atoms with van der Waals surface area (Å²) in [5.41, 5.74) is 5.34. The lowest BCUT2D eigenvalue weighted by Gasteiger charge is -2.30. The zero-order valence-corrected chi connectivity index (χ0v) is 54.6. The SMILES string of the molecule is CCCCCCC[C@H](NC(=O)[C@H](NC(=O)[C@@H](CCC(N)=O)NC(=O)[C@H](CO)NC(=O)[C@@H](NC(=O)[C@@H](Cc1ccccc1)NC)[C@@H](C)CC)[C@@H](C)CC)C(=O)N[C@@H](CO)C(=O)N[C@@H](C(=O)N[C@@H](C)C(=O)N[C@]1(C)C[C@H]1CC(F)F)[C@H](C)OC(=O)[C@@H](NC=O)[C@@H](C)CC. The standard InChI is InChI=1S/C62H102F2N12O15/c1-12-16-17-18-22-25-41(53(82)71-45(32-78)57(86)75-51(38(9)91-61(90)50(67-33-79)36(7)15-4)60(89)68-37(8)52(81)76-62(10)30-40(62)29-46(63)64)70-58(87)48(34(5)13-2)73-54(83)42(26-27-47(65)80)69-56(85)44(31-77)72-59(88)49(35(6)14-3)74-55(84)43(66-11)28-39-23-20-19-21-24-39/h19-21,23-24,33-38,40-46,48-51,66,77-78H,12-18,22,25-32H2,1-11H3,(H2,65,80)(H,67,79)(H,68,89)(H,69,85)(H,70,87)(H,71,82)(H,72,88)(H,73,83)(H,74,84)(H,75,86)(H,76,81)/t34-,35-,36-,37-,38-,40+,41-,42+,43+,44-,45-,48+,49-,50-,51+,62+/m0/s1. The van der Waals surface area contributed by atoms with E-state index in [4.69, 9.17) is 10.5 Å². The molecule has 0 saturated heterocycles. The van der Waals surface area contributed by atoms with Crippen molar-refractivity contribution < 1.29 is 81.3 Å². The number of halogens is 2. The van der Waals surface area contributed by atoms with E-state index in [1.54, 1.807) is 55.5 Å². The fraction of sp³-hybridized carbons (Fsp3) is 0.710. The molecule has 15 N–H and O–H groups in total. The molecule has 0 radical (unpaired) electrons. The molecule has 0 bridgehead atoms. The fourth-order valence-corrected chi connectivity index (χ4v) is 9.99. The van der Waals surface area contributed by atoms with Gasteiger partial charge in [0.15, 0.2) is 0 Å². The molecule has 1 aromatic rings. The van der Waals surface area contributed by atoms with E-state index in [1.807, 2.05) is 37.3 Å². The monoisotopic (exact) mass is 1290 g/mol. The molecule has 0 heterocycles. The topological polar surface area (TPSA) is 413 Å². The number of primary amides is 1. The number of esters is 1. The number of aliphatic hydroxyl groups excluding tert-OH is 2. The van der Waals surface area contributed by atoms with Crippen LogP contribution in [0.5, 0.6) is 0 Å². The number of amides is 11. The highest BCUT2D eigenvalue weighted by molar-refractivity contribution is 5.99. The van der Waals surface area contributed by atoms with E-state index in [9.17, 15) is 76.5 Å². The summed E-state index contributed by atoms with van der Waals surface area (Å²) in [5.74, 6) is -12.4. The average molecular weight is 1290 g/mol. The van der Waals surface area contributed by atoms with Gasteiger partial charge in [-0.05, 0) is 82.7 Å². The maximum Gasteiger partial charge on any atom is 0.329 e. The summed E-state index contributed by atoms with van der Waals surface area (Å²) < 4.78 is 31.9. The number of ether oxygens (including phenoxy) is 1. The van der Waals surface area contributed by atoms with Crippen LogP contribution < -0.4 is 64.2 Å². The Balaban J connectivity index is 2.46. The van der Waals surface area contributed by atoms with Gasteiger partial charge in [0, 0.05) is 18.4 Å². The maximum atomic E-state index is 14.5. The lowest BCUT2D eigenvalue weighted by molar-refractivity contribution is -0.157. The van der Waals surface area contributed by atoms with Crippen LogP contribution in [0.1, 0.15) is 158 Å². The number of unbranched alkanes of at least 4 members (excludes halogenated alkanes) is 4. The zero-order valence-electron chi connectivity index (χ0n) is 54.6. The molecule has 1 aliphatic rings. The zero-order chi connectivity index (χ0) is 68.7. The number of benzene rings is 1. The third kappa shape index (κ3) is 26.8. The number of hydrogen-bond acceptors (Lipinski definition) is 16. The first kappa shape index (κ1) is 79.7. The van der Waals surface area contributed by atoms with Gasteiger partial charge in [0.1, 0.15) is 60.5 Å². The largest absolute Gasteiger partial charge is 0.458 e. The van der Waals surface area contributed by atoms with Gasteiger partial charge in [-0.15, -0.1) is 0 Å². The van der Waals surface area contributed by atoms with E-state index < -0.39 is 200 Å². The van der Waals surface area contributed by atoms with Crippen LogP contribution in [0, 0.1) is 23.7 Å². The van der Waals surface area contributed by atoms with E-state index in [0.29, 0.717) is 32.1 Å². The average Bonchev–Trinajstić information content (AvgIpc) is 1.63. The van der Waals surface area contributed by atoms with Crippen molar-refractivity contribution in [1.29, 1.82) is 0 Å². The van der Waals surface area contributed by atoms with Crippen LogP contribution in [0.15, 0.2) is 30.3 Å². The summed E-state index contributed by atoms with van der Waals surface area (Å²) in [6.45, 7) is 14.2. The third-order valence-corrected chi connectivity index (χ3v) is 16.8. The minimum absolute atomic E-state index is 0.0365. The molecule has 1 saturated carbocycles. The molecule has 29 heteroatoms. The van der Waals surface area contributed by atoms with Crippen LogP contribution in [0.3, 0.4) is 0 Å². The Hall–Kier alpha value is -7.40. The van der Waals surface area contributed by atoms with Gasteiger partial charge in [-0.1, -0.05) is 130 Å². The van der Waals surface area contributed by atoms with Crippen LogP contribution in [0.2, 0.25) is 0 Å². The molecule has 0 spiro atoms. The quantitative estimate of drug-likeness (QED) is 0.0233. The molecule has 1 aliphatic carbocycles. The number of alkyl halides is 2. The van der Waals surface area contributed by atoms with E-state index in [0.717, 1.165) is 24.8 Å². The first-order valence-electron chi connectivity index (χ1n) is 31.6. The number of carbonyl (C=O) groups is 12. The second kappa shape index (κ2) is 40.5. The van der Waals surface area contributed by atoms with E-state index >= 15 is 0 Å². The van der Waals surface area contributed by atoms with Crippen molar-refractivity contribution in [1.82, 2.24) is 58.5 Å². The molecular formula is C62H102F2N12O15. The van der Waals surface area contributed by atoms with Gasteiger partial charge >= 0.3 is 5.97 Å².